The van der Waals surface area contributed by atoms with Crippen molar-refractivity contribution in [2.24, 2.45) is 5.73 Å². The van der Waals surface area contributed by atoms with Crippen LogP contribution in [0.4, 0.5) is 0 Å². The van der Waals surface area contributed by atoms with Crippen molar-refractivity contribution in [2.45, 2.75) is 25.8 Å². The molecule has 0 aromatic heterocycles. The standard InChI is InChI=1S/C13H18Cl2N2O2.ClH/c1-13(2,8-16)17-12(18)5-6-19-11-4-3-9(14)7-10(11)15;/h3-4,7H,5-6,8,16H2,1-2H3,(H,17,18);1H. The van der Waals surface area contributed by atoms with Crippen molar-refractivity contribution in [2.75, 3.05) is 13.2 Å². The lowest BCUT2D eigenvalue weighted by Crippen LogP contribution is -2.49. The Bertz CT molecular complexity index is 453. The van der Waals surface area contributed by atoms with E-state index in [1.807, 2.05) is 13.8 Å². The summed E-state index contributed by atoms with van der Waals surface area (Å²) in [6.45, 7) is 4.35. The molecule has 3 N–H and O–H groups in total. The van der Waals surface area contributed by atoms with Crippen LogP contribution in [0.3, 0.4) is 0 Å². The van der Waals surface area contributed by atoms with E-state index < -0.39 is 5.54 Å². The quantitative estimate of drug-likeness (QED) is 0.836. The van der Waals surface area contributed by atoms with Gasteiger partial charge in [-0.05, 0) is 32.0 Å². The van der Waals surface area contributed by atoms with Gasteiger partial charge in [-0.1, -0.05) is 23.2 Å². The Balaban J connectivity index is 0.00000361. The predicted octanol–water partition coefficient (Wildman–Crippen LogP) is 3.04. The van der Waals surface area contributed by atoms with Gasteiger partial charge in [-0.3, -0.25) is 4.79 Å². The molecule has 0 radical (unpaired) electrons. The molecule has 0 bridgehead atoms. The fraction of sp³-hybridized carbons (Fsp3) is 0.462. The normalized spacial score (nSPS) is 10.7. The maximum absolute atomic E-state index is 11.6. The summed E-state index contributed by atoms with van der Waals surface area (Å²) in [5.74, 6) is 0.400. The Kier molecular flexibility index (Phi) is 8.28. The van der Waals surface area contributed by atoms with Crippen LogP contribution in [0.15, 0.2) is 18.2 Å². The molecule has 20 heavy (non-hydrogen) atoms. The number of nitrogens with one attached hydrogen (secondary N) is 1. The van der Waals surface area contributed by atoms with Crippen molar-refractivity contribution in [1.29, 1.82) is 0 Å². The highest BCUT2D eigenvalue weighted by molar-refractivity contribution is 6.35. The number of ether oxygens (including phenoxy) is 1. The van der Waals surface area contributed by atoms with Crippen LogP contribution in [0.1, 0.15) is 20.3 Å². The number of benzene rings is 1. The minimum atomic E-state index is -0.408. The molecule has 0 fully saturated rings. The van der Waals surface area contributed by atoms with E-state index in [1.54, 1.807) is 18.2 Å². The highest BCUT2D eigenvalue weighted by atomic mass is 35.5. The summed E-state index contributed by atoms with van der Waals surface area (Å²) in [5, 5.41) is 3.79. The smallest absolute Gasteiger partial charge is 0.223 e. The summed E-state index contributed by atoms with van der Waals surface area (Å²) in [4.78, 5) is 11.6. The number of amides is 1. The second-order valence-electron chi connectivity index (χ2n) is 4.81. The van der Waals surface area contributed by atoms with E-state index in [0.717, 1.165) is 0 Å². The van der Waals surface area contributed by atoms with E-state index in [2.05, 4.69) is 5.32 Å². The molecule has 0 heterocycles. The Morgan fingerprint density at radius 2 is 2.05 bits per heavy atom. The van der Waals surface area contributed by atoms with Crippen molar-refractivity contribution >= 4 is 41.5 Å². The van der Waals surface area contributed by atoms with Gasteiger partial charge in [-0.25, -0.2) is 0 Å². The van der Waals surface area contributed by atoms with Crippen LogP contribution >= 0.6 is 35.6 Å². The number of carbonyl (C=O) groups is 1. The highest BCUT2D eigenvalue weighted by Gasteiger charge is 2.17. The van der Waals surface area contributed by atoms with E-state index in [1.165, 1.54) is 0 Å². The summed E-state index contributed by atoms with van der Waals surface area (Å²) in [6.07, 6.45) is 0.238. The SMILES string of the molecule is CC(C)(CN)NC(=O)CCOc1ccc(Cl)cc1Cl.Cl. The van der Waals surface area contributed by atoms with Gasteiger partial charge >= 0.3 is 0 Å². The van der Waals surface area contributed by atoms with Gasteiger partial charge in [0.1, 0.15) is 5.75 Å². The second-order valence-corrected chi connectivity index (χ2v) is 5.65. The molecule has 0 aliphatic rings. The first kappa shape index (κ1) is 19.3. The molecule has 0 unspecified atom stereocenters. The van der Waals surface area contributed by atoms with Crippen LogP contribution < -0.4 is 15.8 Å². The fourth-order valence-corrected chi connectivity index (χ4v) is 1.80. The van der Waals surface area contributed by atoms with Gasteiger partial charge in [-0.2, -0.15) is 0 Å². The van der Waals surface area contributed by atoms with E-state index in [0.29, 0.717) is 22.3 Å². The minimum absolute atomic E-state index is 0. The lowest BCUT2D eigenvalue weighted by atomic mass is 10.1. The molecule has 0 saturated carbocycles. The molecule has 0 aliphatic heterocycles. The summed E-state index contributed by atoms with van der Waals surface area (Å²) >= 11 is 11.7. The van der Waals surface area contributed by atoms with E-state index >= 15 is 0 Å². The van der Waals surface area contributed by atoms with Crippen LogP contribution in [0.5, 0.6) is 5.75 Å². The molecule has 0 saturated heterocycles. The first-order chi connectivity index (χ1) is 8.84. The van der Waals surface area contributed by atoms with Crippen LogP contribution in [0.2, 0.25) is 10.0 Å². The molecule has 1 aromatic rings. The summed E-state index contributed by atoms with van der Waals surface area (Å²) in [6, 6.07) is 4.95. The average Bonchev–Trinajstić information content (AvgIpc) is 2.31. The molecular formula is C13H19Cl3N2O2. The van der Waals surface area contributed by atoms with Crippen LogP contribution in [0.25, 0.3) is 0 Å². The Labute approximate surface area is 135 Å². The molecule has 0 aliphatic carbocycles. The Morgan fingerprint density at radius 3 is 2.60 bits per heavy atom. The maximum Gasteiger partial charge on any atom is 0.223 e. The fourth-order valence-electron chi connectivity index (χ4n) is 1.34. The van der Waals surface area contributed by atoms with Crippen LogP contribution in [-0.2, 0) is 4.79 Å². The Morgan fingerprint density at radius 1 is 1.40 bits per heavy atom. The number of rotatable bonds is 6. The molecule has 1 rings (SSSR count). The molecule has 114 valence electrons. The molecule has 7 heteroatoms. The number of nitrogens with two attached hydrogens (primary N) is 1. The number of carbonyl (C=O) groups excluding carboxylic acids is 1. The first-order valence-corrected chi connectivity index (χ1v) is 6.68. The zero-order chi connectivity index (χ0) is 14.5. The van der Waals surface area contributed by atoms with Gasteiger partial charge in [0.2, 0.25) is 5.91 Å². The zero-order valence-electron chi connectivity index (χ0n) is 11.4. The van der Waals surface area contributed by atoms with E-state index in [-0.39, 0.29) is 31.3 Å². The highest BCUT2D eigenvalue weighted by Crippen LogP contribution is 2.27. The van der Waals surface area contributed by atoms with Gasteiger partial charge in [-0.15, -0.1) is 12.4 Å². The van der Waals surface area contributed by atoms with E-state index in [4.69, 9.17) is 33.7 Å². The summed E-state index contributed by atoms with van der Waals surface area (Å²) in [5.41, 5.74) is 5.12. The molecular weight excluding hydrogens is 323 g/mol. The number of hydrogen-bond donors (Lipinski definition) is 2. The average molecular weight is 342 g/mol. The van der Waals surface area contributed by atoms with Gasteiger partial charge < -0.3 is 15.8 Å². The lowest BCUT2D eigenvalue weighted by Gasteiger charge is -2.24. The zero-order valence-corrected chi connectivity index (χ0v) is 13.7. The van der Waals surface area contributed by atoms with Gasteiger partial charge in [0.05, 0.1) is 18.1 Å². The monoisotopic (exact) mass is 340 g/mol. The molecule has 1 amide bonds. The lowest BCUT2D eigenvalue weighted by molar-refractivity contribution is -0.123. The Hall–Kier alpha value is -0.680. The molecule has 4 nitrogen and oxygen atoms in total. The minimum Gasteiger partial charge on any atom is -0.491 e. The van der Waals surface area contributed by atoms with Crippen molar-refractivity contribution < 1.29 is 9.53 Å². The summed E-state index contributed by atoms with van der Waals surface area (Å²) < 4.78 is 5.43. The van der Waals surface area contributed by atoms with Crippen molar-refractivity contribution in [3.05, 3.63) is 28.2 Å². The van der Waals surface area contributed by atoms with Crippen molar-refractivity contribution in [3.8, 4) is 5.75 Å². The number of halogens is 3. The second kappa shape index (κ2) is 8.57. The van der Waals surface area contributed by atoms with Crippen LogP contribution in [0, 0.1) is 0 Å². The van der Waals surface area contributed by atoms with Crippen molar-refractivity contribution in [3.63, 3.8) is 0 Å². The molecule has 1 aromatic carbocycles. The molecule has 0 atom stereocenters. The van der Waals surface area contributed by atoms with Crippen LogP contribution in [-0.4, -0.2) is 24.6 Å². The van der Waals surface area contributed by atoms with Gasteiger partial charge in [0.25, 0.3) is 0 Å². The number of hydrogen-bond acceptors (Lipinski definition) is 3. The maximum atomic E-state index is 11.6. The third-order valence-corrected chi connectivity index (χ3v) is 3.00. The predicted molar refractivity (Wildman–Crippen MR) is 85.1 cm³/mol. The van der Waals surface area contributed by atoms with Crippen molar-refractivity contribution in [1.82, 2.24) is 5.32 Å². The topological polar surface area (TPSA) is 64.3 Å². The first-order valence-electron chi connectivity index (χ1n) is 5.93. The van der Waals surface area contributed by atoms with E-state index in [9.17, 15) is 4.79 Å². The third kappa shape index (κ3) is 6.66. The van der Waals surface area contributed by atoms with Gasteiger partial charge in [0, 0.05) is 17.1 Å². The third-order valence-electron chi connectivity index (χ3n) is 2.47. The largest absolute Gasteiger partial charge is 0.491 e. The molecule has 0 spiro atoms. The van der Waals surface area contributed by atoms with Gasteiger partial charge in [0.15, 0.2) is 0 Å². The summed E-state index contributed by atoms with van der Waals surface area (Å²) in [7, 11) is 0.